The van der Waals surface area contributed by atoms with Crippen LogP contribution in [-0.4, -0.2) is 183 Å². The highest BCUT2D eigenvalue weighted by Gasteiger charge is 2.68. The number of anilines is 2. The molecule has 86 heavy (non-hydrogen) atoms. The molecule has 11 N–H and O–H groups in total. The van der Waals surface area contributed by atoms with Crippen molar-refractivity contribution in [3.05, 3.63) is 94.5 Å². The maximum atomic E-state index is 13.0. The van der Waals surface area contributed by atoms with Crippen molar-refractivity contribution in [2.75, 3.05) is 51.1 Å². The van der Waals surface area contributed by atoms with Gasteiger partial charge in [0.05, 0.1) is 64.5 Å². The molecule has 0 aliphatic carbocycles. The number of aryl methyl sites for hydroxylation is 2. The van der Waals surface area contributed by atoms with Crippen molar-refractivity contribution >= 4 is 89.7 Å². The Morgan fingerprint density at radius 2 is 1.21 bits per heavy atom. The number of aliphatic hydroxyl groups is 1. The lowest BCUT2D eigenvalue weighted by molar-refractivity contribution is -0.187. The molecular weight excluding hydrogens is 1270 g/mol. The number of H-pyrrole nitrogens is 3. The topological polar surface area (TPSA) is 470 Å². The summed E-state index contributed by atoms with van der Waals surface area (Å²) in [7, 11) is 0. The van der Waals surface area contributed by atoms with Crippen molar-refractivity contribution < 1.29 is 80.1 Å². The molecule has 7 fully saturated rings. The van der Waals surface area contributed by atoms with E-state index >= 15 is 0 Å². The van der Waals surface area contributed by atoms with Crippen molar-refractivity contribution in [2.45, 2.75) is 124 Å². The molecule has 18 atom stereocenters. The Balaban J connectivity index is 0.766. The lowest BCUT2D eigenvalue weighted by atomic mass is 10.0. The molecule has 7 unspecified atom stereocenters. The predicted molar refractivity (Wildman–Crippen MR) is 299 cm³/mol. The number of fused-ring (bicyclic) bond motifs is 8. The average Bonchev–Trinajstić information content (AvgIpc) is 1.69. The first-order valence-electron chi connectivity index (χ1n) is 26.2. The van der Waals surface area contributed by atoms with E-state index in [1.807, 2.05) is 0 Å². The van der Waals surface area contributed by atoms with Crippen LogP contribution in [0.5, 0.6) is 0 Å². The minimum atomic E-state index is -4.66. The summed E-state index contributed by atoms with van der Waals surface area (Å²) in [6, 6.07) is 1.43. The van der Waals surface area contributed by atoms with Crippen LogP contribution in [0, 0.1) is 13.8 Å². The molecule has 6 aromatic heterocycles. The van der Waals surface area contributed by atoms with Gasteiger partial charge in [0.1, 0.15) is 71.3 Å². The fourth-order valence-corrected chi connectivity index (χ4v) is 16.2. The largest absolute Gasteiger partial charge is 0.387 e. The number of ether oxygens (including phenoxy) is 7. The quantitative estimate of drug-likeness (QED) is 0.0365. The number of nitrogen functional groups attached to an aromatic ring is 2. The first kappa shape index (κ1) is 60.1. The van der Waals surface area contributed by atoms with E-state index in [1.54, 1.807) is 13.8 Å². The Bertz CT molecular complexity index is 4190. The van der Waals surface area contributed by atoms with Crippen LogP contribution in [0.25, 0.3) is 22.3 Å². The number of aromatic nitrogens is 12. The van der Waals surface area contributed by atoms with Crippen LogP contribution in [-0.2, 0) is 95.7 Å². The molecule has 6 aromatic rings. The van der Waals surface area contributed by atoms with Gasteiger partial charge in [-0.1, -0.05) is 6.92 Å². The maximum absolute atomic E-state index is 13.0. The zero-order valence-electron chi connectivity index (χ0n) is 44.9. The molecule has 0 radical (unpaired) electrons. The molecule has 36 nitrogen and oxygen atoms in total. The second-order valence-corrected chi connectivity index (χ2v) is 29.8. The van der Waals surface area contributed by atoms with Gasteiger partial charge in [-0.05, 0) is 61.8 Å². The third-order valence-corrected chi connectivity index (χ3v) is 20.5. The van der Waals surface area contributed by atoms with Crippen molar-refractivity contribution in [2.24, 2.45) is 0 Å². The molecule has 13 heterocycles. The minimum Gasteiger partial charge on any atom is -0.387 e. The summed E-state index contributed by atoms with van der Waals surface area (Å²) in [6.45, 7) is -11.7. The van der Waals surface area contributed by atoms with Gasteiger partial charge in [0.2, 0.25) is 5.95 Å². The average molecular weight is 1320 g/mol. The van der Waals surface area contributed by atoms with Crippen molar-refractivity contribution in [1.82, 2.24) is 58.1 Å². The summed E-state index contributed by atoms with van der Waals surface area (Å²) in [5.74, 6) is -0.0235. The highest BCUT2D eigenvalue weighted by Crippen LogP contribution is 2.61. The van der Waals surface area contributed by atoms with Gasteiger partial charge < -0.3 is 87.5 Å². The van der Waals surface area contributed by atoms with E-state index in [0.717, 1.165) is 4.57 Å². The number of aromatic amines is 3. The molecule has 464 valence electrons. The third kappa shape index (κ3) is 10.4. The second-order valence-electron chi connectivity index (χ2n) is 21.5. The molecule has 0 amide bonds. The van der Waals surface area contributed by atoms with E-state index in [1.165, 1.54) is 51.7 Å². The van der Waals surface area contributed by atoms with E-state index in [9.17, 15) is 43.8 Å². The van der Waals surface area contributed by atoms with Crippen LogP contribution < -0.4 is 39.5 Å². The van der Waals surface area contributed by atoms with Gasteiger partial charge in [-0.2, -0.15) is 9.97 Å². The Morgan fingerprint density at radius 1 is 0.686 bits per heavy atom. The first-order valence-corrected chi connectivity index (χ1v) is 34.0. The Morgan fingerprint density at radius 3 is 1.80 bits per heavy atom. The van der Waals surface area contributed by atoms with Crippen LogP contribution >= 0.6 is 20.2 Å². The van der Waals surface area contributed by atoms with Crippen LogP contribution in [0.2, 0.25) is 0 Å². The fraction of sp³-hybridized carbons (Fsp3) is 0.591. The van der Waals surface area contributed by atoms with E-state index < -0.39 is 159 Å². The molecule has 0 saturated carbocycles. The van der Waals surface area contributed by atoms with E-state index in [0.29, 0.717) is 6.42 Å². The summed E-state index contributed by atoms with van der Waals surface area (Å²) >= 11 is 16.9. The highest BCUT2D eigenvalue weighted by molar-refractivity contribution is 8.07. The van der Waals surface area contributed by atoms with E-state index in [2.05, 4.69) is 39.9 Å². The SMILES string of the molecule is CC[C@H]1O[C@@H](n2ccc(N)nc2=O)CC1OP(O)(=S)OC[C@]12CO[C@@H](C1OP(O)(=S)OC[C@]13CO[C@@H](C1OP(O)(=S)OC[C@]14CO[C@@H](C1O)[C@H](n1cc(C)c(=O)[nH]c1=O)O4)[C@H](n1cnc4c(=O)[nH]c(C)nc41)O3)[C@H](n1cnc3c(=O)[nH]c(N)nc31)O2. The van der Waals surface area contributed by atoms with Crippen molar-refractivity contribution in [3.8, 4) is 0 Å². The smallest absolute Gasteiger partial charge is 0.351 e. The van der Waals surface area contributed by atoms with Gasteiger partial charge in [0, 0.05) is 24.4 Å². The molecule has 0 spiro atoms. The summed E-state index contributed by atoms with van der Waals surface area (Å²) in [5.41, 5.74) is 2.88. The minimum absolute atomic E-state index is 0.00785. The summed E-state index contributed by atoms with van der Waals surface area (Å²) in [5, 5.41) is 11.4. The zero-order chi connectivity index (χ0) is 60.8. The summed E-state index contributed by atoms with van der Waals surface area (Å²) < 4.78 is 85.8. The monoisotopic (exact) mass is 1320 g/mol. The van der Waals surface area contributed by atoms with Crippen molar-refractivity contribution in [1.29, 1.82) is 0 Å². The number of nitrogens with zero attached hydrogens (tertiary/aromatic N) is 9. The van der Waals surface area contributed by atoms with Crippen LogP contribution in [0.4, 0.5) is 11.8 Å². The van der Waals surface area contributed by atoms with Gasteiger partial charge in [0.25, 0.3) is 16.7 Å². The lowest BCUT2D eigenvalue weighted by Crippen LogP contribution is -2.47. The zero-order valence-corrected chi connectivity index (χ0v) is 50.0. The van der Waals surface area contributed by atoms with E-state index in [4.69, 9.17) is 107 Å². The van der Waals surface area contributed by atoms with Gasteiger partial charge in [-0.25, -0.2) is 24.5 Å². The molecule has 0 aromatic carbocycles. The number of hydrogen-bond donors (Lipinski definition) is 9. The normalized spacial score (nSPS) is 34.8. The number of nitrogens with one attached hydrogen (secondary N) is 3. The lowest BCUT2D eigenvalue weighted by Gasteiger charge is -2.35. The summed E-state index contributed by atoms with van der Waals surface area (Å²) in [6.07, 6.45) is -8.53. The number of aliphatic hydroxyl groups excluding tert-OH is 1. The van der Waals surface area contributed by atoms with Gasteiger partial charge in [-0.3, -0.25) is 51.7 Å². The van der Waals surface area contributed by atoms with Crippen molar-refractivity contribution in [3.63, 3.8) is 0 Å². The molecule has 42 heteroatoms. The van der Waals surface area contributed by atoms with Gasteiger partial charge in [0.15, 0.2) is 41.0 Å². The third-order valence-electron chi connectivity index (χ3n) is 15.8. The summed E-state index contributed by atoms with van der Waals surface area (Å²) in [4.78, 5) is 128. The Kier molecular flexibility index (Phi) is 15.1. The fourth-order valence-electron chi connectivity index (χ4n) is 11.7. The van der Waals surface area contributed by atoms with Crippen LogP contribution in [0.1, 0.15) is 56.1 Å². The molecule has 6 bridgehead atoms. The molecule has 7 aliphatic heterocycles. The predicted octanol–water partition coefficient (Wildman–Crippen LogP) is -2.25. The highest BCUT2D eigenvalue weighted by atomic mass is 32.5. The van der Waals surface area contributed by atoms with Crippen LogP contribution in [0.3, 0.4) is 0 Å². The number of nitrogens with two attached hydrogens (primary N) is 2. The number of rotatable bonds is 20. The first-order chi connectivity index (χ1) is 40.7. The molecule has 13 rings (SSSR count). The van der Waals surface area contributed by atoms with Gasteiger partial charge in [-0.15, -0.1) is 0 Å². The Labute approximate surface area is 495 Å². The standard InChI is InChI=1S/C44H53N14O22P3S3/c1-4-19-20(7-22(74-19)55-6-5-21(45)51-40(55)63)78-81(65,84)72-13-43-10-70-27(38(77-43)58-16-48-24-32(58)52-39(46)53-35(24)62)30(43)80-83(67,86)73-14-44-11-69-26(37(76-44)57-15-47-23-31(57)49-18(3)50-34(23)61)29(44)79-82(66,85)71-12-42-9-68-25(28(42)59)36(75-42)56-8-17(2)33(60)54-41(56)64/h5-6,8,15-16,19-20,22,25-30,36-38,59H,4,7,9-14H2,1-3H3,(H,65,84)(H,66,85)(H,67,86)(H2,45,51,63)(H,49,50,61)(H,54,60,64)(H3,46,52,53,62)/t19-,20?,22-,25+,26+,27+,28?,29?,30?,36-,37-,38-,42-,43-,44-,81?,82?,83?/m1/s1. The molecule has 7 aliphatic rings. The Hall–Kier alpha value is -4.87. The molecule has 7 saturated heterocycles. The number of imidazole rings is 2. The number of hydrogen-bond acceptors (Lipinski definition) is 29. The van der Waals surface area contributed by atoms with Gasteiger partial charge >= 0.3 is 31.5 Å². The second kappa shape index (κ2) is 21.7. The van der Waals surface area contributed by atoms with E-state index in [-0.39, 0.29) is 71.7 Å². The maximum Gasteiger partial charge on any atom is 0.351 e. The molecular formula is C44H53N14O22P3S3. The van der Waals surface area contributed by atoms with Crippen LogP contribution in [0.15, 0.2) is 55.1 Å².